The lowest BCUT2D eigenvalue weighted by Gasteiger charge is -2.37. The maximum atomic E-state index is 13.1. The number of amides is 1. The van der Waals surface area contributed by atoms with E-state index in [9.17, 15) is 9.90 Å². The van der Waals surface area contributed by atoms with E-state index in [0.29, 0.717) is 25.0 Å². The van der Waals surface area contributed by atoms with Crippen LogP contribution < -0.4 is 0 Å². The second-order valence-electron chi connectivity index (χ2n) is 7.39. The van der Waals surface area contributed by atoms with Gasteiger partial charge in [0, 0.05) is 18.6 Å². The van der Waals surface area contributed by atoms with E-state index in [0.717, 1.165) is 25.8 Å². The molecule has 2 unspecified atom stereocenters. The number of nitrogens with zero attached hydrogens (tertiary/aromatic N) is 2. The van der Waals surface area contributed by atoms with Gasteiger partial charge in [-0.25, -0.2) is 0 Å². The van der Waals surface area contributed by atoms with Crippen LogP contribution in [-0.2, 0) is 11.3 Å². The highest BCUT2D eigenvalue weighted by Crippen LogP contribution is 2.35. The molecule has 4 heteroatoms. The Labute approximate surface area is 145 Å². The molecule has 0 aromatic heterocycles. The van der Waals surface area contributed by atoms with E-state index >= 15 is 0 Å². The lowest BCUT2D eigenvalue weighted by molar-refractivity contribution is -0.136. The molecular weight excluding hydrogens is 300 g/mol. The minimum Gasteiger partial charge on any atom is -0.395 e. The smallest absolute Gasteiger partial charge is 0.237 e. The fourth-order valence-corrected chi connectivity index (χ4v) is 3.81. The zero-order chi connectivity index (χ0) is 16.9. The summed E-state index contributed by atoms with van der Waals surface area (Å²) < 4.78 is 0. The van der Waals surface area contributed by atoms with Crippen LogP contribution in [-0.4, -0.2) is 52.6 Å². The molecule has 0 spiro atoms. The van der Waals surface area contributed by atoms with Gasteiger partial charge in [-0.3, -0.25) is 9.69 Å². The molecule has 0 radical (unpaired) electrons. The Morgan fingerprint density at radius 3 is 2.67 bits per heavy atom. The van der Waals surface area contributed by atoms with Crippen LogP contribution >= 0.6 is 0 Å². The van der Waals surface area contributed by atoms with E-state index in [-0.39, 0.29) is 18.6 Å². The molecule has 2 atom stereocenters. The number of hydrogen-bond acceptors (Lipinski definition) is 3. The van der Waals surface area contributed by atoms with Gasteiger partial charge in [0.1, 0.15) is 0 Å². The van der Waals surface area contributed by atoms with Gasteiger partial charge < -0.3 is 10.0 Å². The molecule has 0 bridgehead atoms. The zero-order valence-corrected chi connectivity index (χ0v) is 14.7. The molecule has 1 saturated heterocycles. The van der Waals surface area contributed by atoms with Crippen molar-refractivity contribution in [2.75, 3.05) is 19.7 Å². The molecule has 132 valence electrons. The Bertz CT molecular complexity index is 530. The number of aliphatic hydroxyl groups is 1. The Hall–Kier alpha value is -1.39. The molecule has 1 aromatic rings. The third kappa shape index (κ3) is 4.37. The minimum atomic E-state index is 0.150. The van der Waals surface area contributed by atoms with Crippen molar-refractivity contribution < 1.29 is 9.90 Å². The van der Waals surface area contributed by atoms with Crippen molar-refractivity contribution in [3.63, 3.8) is 0 Å². The van der Waals surface area contributed by atoms with Crippen LogP contribution in [0.3, 0.4) is 0 Å². The molecule has 1 aliphatic carbocycles. The summed E-state index contributed by atoms with van der Waals surface area (Å²) in [6, 6.07) is 10.7. The fraction of sp³-hybridized carbons (Fsp3) is 0.650. The van der Waals surface area contributed by atoms with Gasteiger partial charge in [-0.05, 0) is 50.6 Å². The molecule has 4 nitrogen and oxygen atoms in total. The van der Waals surface area contributed by atoms with Crippen LogP contribution in [0.4, 0.5) is 0 Å². The lowest BCUT2D eigenvalue weighted by Crippen LogP contribution is -2.50. The average Bonchev–Trinajstić information content (AvgIpc) is 3.45. The van der Waals surface area contributed by atoms with Crippen LogP contribution in [0.1, 0.15) is 44.6 Å². The van der Waals surface area contributed by atoms with Crippen molar-refractivity contribution in [1.82, 2.24) is 9.80 Å². The van der Waals surface area contributed by atoms with Gasteiger partial charge in [-0.1, -0.05) is 36.8 Å². The third-order valence-electron chi connectivity index (χ3n) is 5.61. The van der Waals surface area contributed by atoms with Crippen molar-refractivity contribution in [3.05, 3.63) is 35.9 Å². The maximum Gasteiger partial charge on any atom is 0.237 e. The highest BCUT2D eigenvalue weighted by molar-refractivity contribution is 5.78. The summed E-state index contributed by atoms with van der Waals surface area (Å²) in [5.74, 6) is 0.867. The Morgan fingerprint density at radius 1 is 1.25 bits per heavy atom. The first-order valence-electron chi connectivity index (χ1n) is 9.37. The maximum absolute atomic E-state index is 13.1. The first-order valence-corrected chi connectivity index (χ1v) is 9.37. The molecule has 1 heterocycles. The fourth-order valence-electron chi connectivity index (χ4n) is 3.81. The zero-order valence-electron chi connectivity index (χ0n) is 14.7. The van der Waals surface area contributed by atoms with E-state index in [2.05, 4.69) is 28.9 Å². The quantitative estimate of drug-likeness (QED) is 0.836. The highest BCUT2D eigenvalue weighted by Gasteiger charge is 2.35. The highest BCUT2D eigenvalue weighted by atomic mass is 16.3. The van der Waals surface area contributed by atoms with Crippen LogP contribution in [0.25, 0.3) is 0 Å². The number of likely N-dealkylation sites (tertiary alicyclic amines) is 1. The molecule has 2 aliphatic rings. The molecule has 1 N–H and O–H groups in total. The molecule has 1 saturated carbocycles. The second kappa shape index (κ2) is 8.13. The number of rotatable bonds is 7. The first kappa shape index (κ1) is 17.4. The van der Waals surface area contributed by atoms with E-state index < -0.39 is 0 Å². The standard InChI is InChI=1S/C20H30N2O2/c1-16(18-10-11-18)22(13-17-7-3-2-4-8-17)20(24)14-21-12-6-5-9-19(21)15-23/h2-4,7-8,16,18-19,23H,5-6,9-15H2,1H3. The summed E-state index contributed by atoms with van der Waals surface area (Å²) in [6.07, 6.45) is 5.76. The van der Waals surface area contributed by atoms with Gasteiger partial charge in [0.25, 0.3) is 0 Å². The third-order valence-corrected chi connectivity index (χ3v) is 5.61. The summed E-state index contributed by atoms with van der Waals surface area (Å²) in [5, 5.41) is 9.59. The number of piperidine rings is 1. The molecular formula is C20H30N2O2. The predicted molar refractivity (Wildman–Crippen MR) is 95.5 cm³/mol. The topological polar surface area (TPSA) is 43.8 Å². The molecule has 1 amide bonds. The van der Waals surface area contributed by atoms with Crippen molar-refractivity contribution in [3.8, 4) is 0 Å². The Balaban J connectivity index is 1.68. The average molecular weight is 330 g/mol. The van der Waals surface area contributed by atoms with Crippen molar-refractivity contribution in [1.29, 1.82) is 0 Å². The van der Waals surface area contributed by atoms with Gasteiger partial charge in [-0.15, -0.1) is 0 Å². The summed E-state index contributed by atoms with van der Waals surface area (Å²) in [7, 11) is 0. The number of aliphatic hydroxyl groups excluding tert-OH is 1. The minimum absolute atomic E-state index is 0.150. The largest absolute Gasteiger partial charge is 0.395 e. The van der Waals surface area contributed by atoms with Crippen LogP contribution in [0.15, 0.2) is 30.3 Å². The second-order valence-corrected chi connectivity index (χ2v) is 7.39. The summed E-state index contributed by atoms with van der Waals surface area (Å²) in [4.78, 5) is 17.3. The summed E-state index contributed by atoms with van der Waals surface area (Å²) in [5.41, 5.74) is 1.19. The van der Waals surface area contributed by atoms with E-state index in [1.165, 1.54) is 18.4 Å². The number of benzene rings is 1. The first-order chi connectivity index (χ1) is 11.7. The number of hydrogen-bond donors (Lipinski definition) is 1. The number of carbonyl (C=O) groups is 1. The SMILES string of the molecule is CC(C1CC1)N(Cc1ccccc1)C(=O)CN1CCCCC1CO. The van der Waals surface area contributed by atoms with Crippen molar-refractivity contribution in [2.45, 2.75) is 57.7 Å². The molecule has 2 fully saturated rings. The molecule has 3 rings (SSSR count). The normalized spacial score (nSPS) is 23.0. The summed E-state index contributed by atoms with van der Waals surface area (Å²) in [6.45, 7) is 4.40. The van der Waals surface area contributed by atoms with Gasteiger partial charge in [-0.2, -0.15) is 0 Å². The van der Waals surface area contributed by atoms with Crippen LogP contribution in [0.2, 0.25) is 0 Å². The Kier molecular flexibility index (Phi) is 5.90. The van der Waals surface area contributed by atoms with Crippen LogP contribution in [0, 0.1) is 5.92 Å². The lowest BCUT2D eigenvalue weighted by atomic mass is 10.0. The Morgan fingerprint density at radius 2 is 2.00 bits per heavy atom. The van der Waals surface area contributed by atoms with Crippen LogP contribution in [0.5, 0.6) is 0 Å². The van der Waals surface area contributed by atoms with Gasteiger partial charge in [0.15, 0.2) is 0 Å². The number of carbonyl (C=O) groups excluding carboxylic acids is 1. The molecule has 1 aromatic carbocycles. The van der Waals surface area contributed by atoms with Gasteiger partial charge in [0.05, 0.1) is 13.2 Å². The van der Waals surface area contributed by atoms with E-state index in [4.69, 9.17) is 0 Å². The predicted octanol–water partition coefficient (Wildman–Crippen LogP) is 2.66. The van der Waals surface area contributed by atoms with Gasteiger partial charge >= 0.3 is 0 Å². The van der Waals surface area contributed by atoms with Crippen molar-refractivity contribution >= 4 is 5.91 Å². The van der Waals surface area contributed by atoms with Gasteiger partial charge in [0.2, 0.25) is 5.91 Å². The molecule has 1 aliphatic heterocycles. The van der Waals surface area contributed by atoms with E-state index in [1.54, 1.807) is 0 Å². The molecule has 24 heavy (non-hydrogen) atoms. The summed E-state index contributed by atoms with van der Waals surface area (Å²) >= 11 is 0. The van der Waals surface area contributed by atoms with Crippen molar-refractivity contribution in [2.24, 2.45) is 5.92 Å². The van der Waals surface area contributed by atoms with E-state index in [1.807, 2.05) is 18.2 Å². The monoisotopic (exact) mass is 330 g/mol.